The number of morpholine rings is 1. The number of methoxy groups -OCH3 is 1. The number of β-amino-alcohol motifs (C(OH)–C–C–N with tert-alkyl or cyclic N) is 1. The van der Waals surface area contributed by atoms with Gasteiger partial charge in [-0.05, 0) is 47.5 Å². The number of hydrogen-bond acceptors (Lipinski definition) is 8. The Balaban J connectivity index is 1.43. The summed E-state index contributed by atoms with van der Waals surface area (Å²) in [5, 5.41) is 10.7. The lowest BCUT2D eigenvalue weighted by molar-refractivity contribution is -0.166. The molecule has 2 fully saturated rings. The first-order valence-electron chi connectivity index (χ1n) is 13.2. The highest BCUT2D eigenvalue weighted by molar-refractivity contribution is 7.90. The second-order valence-corrected chi connectivity index (χ2v) is 12.2. The Morgan fingerprint density at radius 2 is 1.75 bits per heavy atom. The number of hydrogen-bond donors (Lipinski definition) is 1. The minimum atomic E-state index is -3.36. The van der Waals surface area contributed by atoms with Gasteiger partial charge in [-0.3, -0.25) is 0 Å². The molecule has 0 bridgehead atoms. The van der Waals surface area contributed by atoms with Crippen molar-refractivity contribution in [1.29, 1.82) is 0 Å². The number of halogens is 1. The van der Waals surface area contributed by atoms with E-state index in [2.05, 4.69) is 0 Å². The van der Waals surface area contributed by atoms with Crippen molar-refractivity contribution in [3.05, 3.63) is 89.7 Å². The van der Waals surface area contributed by atoms with Gasteiger partial charge >= 0.3 is 0 Å². The topological polar surface area (TPSA) is 94.5 Å². The summed E-state index contributed by atoms with van der Waals surface area (Å²) in [6, 6.07) is 20.4. The molecular formula is C30H34FNO7S. The van der Waals surface area contributed by atoms with Crippen LogP contribution in [-0.4, -0.2) is 65.6 Å². The second kappa shape index (κ2) is 11.8. The Labute approximate surface area is 234 Å². The van der Waals surface area contributed by atoms with Crippen molar-refractivity contribution in [2.75, 3.05) is 44.6 Å². The van der Waals surface area contributed by atoms with E-state index in [9.17, 15) is 17.9 Å². The van der Waals surface area contributed by atoms with E-state index in [1.807, 2.05) is 35.2 Å². The highest BCUT2D eigenvalue weighted by Crippen LogP contribution is 2.39. The van der Waals surface area contributed by atoms with Crippen molar-refractivity contribution < 1.29 is 36.9 Å². The summed E-state index contributed by atoms with van der Waals surface area (Å²) < 4.78 is 62.2. The molecule has 2 aliphatic rings. The van der Waals surface area contributed by atoms with Crippen LogP contribution in [0.3, 0.4) is 0 Å². The summed E-state index contributed by atoms with van der Waals surface area (Å²) in [4.78, 5) is 2.18. The van der Waals surface area contributed by atoms with E-state index < -0.39 is 33.6 Å². The van der Waals surface area contributed by atoms with Gasteiger partial charge in [0.1, 0.15) is 24.3 Å². The predicted octanol–water partition coefficient (Wildman–Crippen LogP) is 4.23. The molecule has 5 rings (SSSR count). The van der Waals surface area contributed by atoms with E-state index >= 15 is 0 Å². The zero-order chi connectivity index (χ0) is 28.3. The van der Waals surface area contributed by atoms with E-state index in [1.54, 1.807) is 37.4 Å². The van der Waals surface area contributed by atoms with Crippen LogP contribution in [0.2, 0.25) is 0 Å². The molecule has 214 valence electrons. The lowest BCUT2D eigenvalue weighted by Gasteiger charge is -2.44. The lowest BCUT2D eigenvalue weighted by atomic mass is 9.86. The number of nitrogens with zero attached hydrogens (tertiary/aromatic N) is 1. The molecule has 2 saturated heterocycles. The van der Waals surface area contributed by atoms with Crippen LogP contribution >= 0.6 is 0 Å². The Kier molecular flexibility index (Phi) is 8.44. The van der Waals surface area contributed by atoms with Gasteiger partial charge in [0.25, 0.3) is 0 Å². The van der Waals surface area contributed by atoms with Crippen molar-refractivity contribution in [3.8, 4) is 5.75 Å². The molecule has 0 aromatic heterocycles. The number of rotatable bonds is 8. The Morgan fingerprint density at radius 3 is 2.40 bits per heavy atom. The average Bonchev–Trinajstić information content (AvgIpc) is 2.96. The third-order valence-electron chi connectivity index (χ3n) is 7.61. The van der Waals surface area contributed by atoms with E-state index in [1.165, 1.54) is 12.1 Å². The molecule has 3 aromatic rings. The monoisotopic (exact) mass is 571 g/mol. The van der Waals surface area contributed by atoms with Gasteiger partial charge in [-0.1, -0.05) is 30.3 Å². The van der Waals surface area contributed by atoms with E-state index in [0.717, 1.165) is 17.5 Å². The van der Waals surface area contributed by atoms with E-state index in [4.69, 9.17) is 18.9 Å². The summed E-state index contributed by atoms with van der Waals surface area (Å²) in [6.07, 6.45) is 0.618. The number of ether oxygens (including phenoxy) is 4. The number of aliphatic hydroxyl groups excluding tert-OH is 1. The summed E-state index contributed by atoms with van der Waals surface area (Å²) in [7, 11) is -1.74. The van der Waals surface area contributed by atoms with Gasteiger partial charge in [-0.2, -0.15) is 0 Å². The smallest absolute Gasteiger partial charge is 0.175 e. The van der Waals surface area contributed by atoms with Crippen molar-refractivity contribution in [2.24, 2.45) is 0 Å². The highest BCUT2D eigenvalue weighted by atomic mass is 32.2. The maximum atomic E-state index is 14.8. The quantitative estimate of drug-likeness (QED) is 0.430. The van der Waals surface area contributed by atoms with Crippen LogP contribution in [0.15, 0.2) is 77.7 Å². The number of anilines is 1. The maximum absolute atomic E-state index is 14.8. The lowest BCUT2D eigenvalue weighted by Crippen LogP contribution is -2.52. The first kappa shape index (κ1) is 28.5. The third-order valence-corrected chi connectivity index (χ3v) is 8.74. The van der Waals surface area contributed by atoms with Crippen LogP contribution in [0.1, 0.15) is 30.0 Å². The molecule has 0 radical (unpaired) electrons. The third kappa shape index (κ3) is 6.16. The van der Waals surface area contributed by atoms with Gasteiger partial charge in [0.2, 0.25) is 0 Å². The fourth-order valence-electron chi connectivity index (χ4n) is 5.53. The number of benzene rings is 3. The molecule has 2 aliphatic heterocycles. The zero-order valence-electron chi connectivity index (χ0n) is 22.5. The summed E-state index contributed by atoms with van der Waals surface area (Å²) >= 11 is 0. The maximum Gasteiger partial charge on any atom is 0.175 e. The molecule has 0 aliphatic carbocycles. The Morgan fingerprint density at radius 1 is 1.05 bits per heavy atom. The predicted molar refractivity (Wildman–Crippen MR) is 148 cm³/mol. The molecule has 0 unspecified atom stereocenters. The molecule has 3 aromatic carbocycles. The first-order valence-corrected chi connectivity index (χ1v) is 15.1. The fourth-order valence-corrected chi connectivity index (χ4v) is 6.16. The van der Waals surface area contributed by atoms with Gasteiger partial charge in [0, 0.05) is 51.2 Å². The van der Waals surface area contributed by atoms with Crippen LogP contribution in [0.4, 0.5) is 10.1 Å². The van der Waals surface area contributed by atoms with Crippen LogP contribution in [0, 0.1) is 5.82 Å². The van der Waals surface area contributed by atoms with Gasteiger partial charge in [-0.25, -0.2) is 12.8 Å². The molecule has 40 heavy (non-hydrogen) atoms. The van der Waals surface area contributed by atoms with Crippen LogP contribution in [0.5, 0.6) is 5.75 Å². The van der Waals surface area contributed by atoms with Gasteiger partial charge < -0.3 is 29.0 Å². The van der Waals surface area contributed by atoms with E-state index in [0.29, 0.717) is 37.4 Å². The minimum absolute atomic E-state index is 0.0283. The van der Waals surface area contributed by atoms with Crippen LogP contribution < -0.4 is 9.64 Å². The van der Waals surface area contributed by atoms with Crippen LogP contribution in [0.25, 0.3) is 0 Å². The molecule has 2 heterocycles. The summed E-state index contributed by atoms with van der Waals surface area (Å²) in [6.45, 7) is 1.24. The normalized spacial score (nSPS) is 23.1. The fraction of sp³-hybridized carbons (Fsp3) is 0.400. The zero-order valence-corrected chi connectivity index (χ0v) is 23.3. The van der Waals surface area contributed by atoms with Crippen molar-refractivity contribution in [3.63, 3.8) is 0 Å². The molecule has 3 atom stereocenters. The van der Waals surface area contributed by atoms with Gasteiger partial charge in [0.15, 0.2) is 16.1 Å². The minimum Gasteiger partial charge on any atom is -0.491 e. The standard InChI is InChI=1S/C30H34FNO7S/c1-36-30(12-14-37-15-13-30)22-16-23(31)18-25(17-22)38-20-27-29(21-6-4-3-5-7-21)32(19-28(33)39-27)24-8-10-26(11-9-24)40(2,34)35/h3-11,16-18,27-29,33H,12-15,19-20H2,1-2H3/t27-,28-,29+/m1/s1. The largest absolute Gasteiger partial charge is 0.491 e. The number of sulfone groups is 1. The molecule has 0 saturated carbocycles. The van der Waals surface area contributed by atoms with Crippen LogP contribution in [-0.2, 0) is 29.6 Å². The average molecular weight is 572 g/mol. The molecule has 0 spiro atoms. The highest BCUT2D eigenvalue weighted by Gasteiger charge is 2.39. The molecule has 8 nitrogen and oxygen atoms in total. The van der Waals surface area contributed by atoms with Gasteiger partial charge in [0.05, 0.1) is 23.1 Å². The van der Waals surface area contributed by atoms with Crippen molar-refractivity contribution in [1.82, 2.24) is 0 Å². The summed E-state index contributed by atoms with van der Waals surface area (Å²) in [5.41, 5.74) is 1.68. The molecule has 0 amide bonds. The van der Waals surface area contributed by atoms with Gasteiger partial charge in [-0.15, -0.1) is 0 Å². The van der Waals surface area contributed by atoms with E-state index in [-0.39, 0.29) is 24.1 Å². The molecular weight excluding hydrogens is 537 g/mol. The number of aliphatic hydroxyl groups is 1. The second-order valence-electron chi connectivity index (χ2n) is 10.2. The molecule has 10 heteroatoms. The summed E-state index contributed by atoms with van der Waals surface area (Å²) in [5.74, 6) is -0.107. The van der Waals surface area contributed by atoms with Crippen molar-refractivity contribution in [2.45, 2.75) is 41.8 Å². The SMILES string of the molecule is COC1(c2cc(F)cc(OC[C@H]3O[C@@H](O)CN(c4ccc(S(C)(=O)=O)cc4)[C@H]3c3ccccc3)c2)CCOCC1. The molecule has 1 N–H and O–H groups in total. The Hall–Kier alpha value is -3.02. The Bertz CT molecular complexity index is 1400. The van der Waals surface area contributed by atoms with Crippen molar-refractivity contribution >= 4 is 15.5 Å². The first-order chi connectivity index (χ1) is 19.2.